The number of hydrogen-bond acceptors (Lipinski definition) is 11. The molecule has 7 aliphatic rings. The molecule has 0 spiro atoms. The van der Waals surface area contributed by atoms with E-state index in [0.29, 0.717) is 64.3 Å². The summed E-state index contributed by atoms with van der Waals surface area (Å²) >= 11 is 0. The predicted octanol–water partition coefficient (Wildman–Crippen LogP) is 1.97. The van der Waals surface area contributed by atoms with Crippen LogP contribution < -0.4 is 5.32 Å². The summed E-state index contributed by atoms with van der Waals surface area (Å²) in [6, 6.07) is 0. The molecule has 2 saturated heterocycles. The van der Waals surface area contributed by atoms with Crippen molar-refractivity contribution in [3.8, 4) is 0 Å². The van der Waals surface area contributed by atoms with Crippen molar-refractivity contribution in [2.24, 2.45) is 68.0 Å². The third-order valence-corrected chi connectivity index (χ3v) is 18.0. The Morgan fingerprint density at radius 2 is 1.64 bits per heavy atom. The maximum atomic E-state index is 13.2. The van der Waals surface area contributed by atoms with Gasteiger partial charge in [0.15, 0.2) is 6.29 Å². The Hall–Kier alpha value is -1.68. The number of carboxylic acid groups (broad SMARTS) is 1. The van der Waals surface area contributed by atoms with Crippen LogP contribution in [0.3, 0.4) is 0 Å². The van der Waals surface area contributed by atoms with E-state index in [4.69, 9.17) is 9.47 Å². The number of nitrogens with one attached hydrogen (secondary N) is 1. The Morgan fingerprint density at radius 3 is 2.29 bits per heavy atom. The van der Waals surface area contributed by atoms with Crippen molar-refractivity contribution in [2.75, 3.05) is 33.0 Å². The Morgan fingerprint density at radius 1 is 0.927 bits per heavy atom. The zero-order valence-corrected chi connectivity index (χ0v) is 33.3. The van der Waals surface area contributed by atoms with Gasteiger partial charge in [0.2, 0.25) is 5.91 Å². The highest BCUT2D eigenvalue weighted by molar-refractivity contribution is 5.81. The van der Waals surface area contributed by atoms with Crippen LogP contribution in [0.4, 0.5) is 0 Å². The summed E-state index contributed by atoms with van der Waals surface area (Å²) in [5, 5.41) is 90.2. The first kappa shape index (κ1) is 41.5. The molecule has 13 heteroatoms. The Balaban J connectivity index is 1.33. The van der Waals surface area contributed by atoms with Crippen LogP contribution in [0.2, 0.25) is 0 Å². The van der Waals surface area contributed by atoms with Gasteiger partial charge in [-0.1, -0.05) is 46.3 Å². The third kappa shape index (κ3) is 5.86. The first-order valence-electron chi connectivity index (χ1n) is 20.9. The van der Waals surface area contributed by atoms with E-state index in [2.05, 4.69) is 39.1 Å². The van der Waals surface area contributed by atoms with E-state index >= 15 is 0 Å². The first-order chi connectivity index (χ1) is 25.8. The number of aliphatic hydroxyl groups excluding tert-OH is 7. The lowest BCUT2D eigenvalue weighted by Crippen LogP contribution is -2.72. The largest absolute Gasteiger partial charge is 0.481 e. The normalized spacial score (nSPS) is 53.6. The molecule has 18 atom stereocenters. The van der Waals surface area contributed by atoms with Crippen molar-refractivity contribution in [3.05, 3.63) is 11.6 Å². The quantitative estimate of drug-likeness (QED) is 0.121. The second-order valence-electron chi connectivity index (χ2n) is 20.3. The van der Waals surface area contributed by atoms with Crippen molar-refractivity contribution in [1.82, 2.24) is 5.32 Å². The van der Waals surface area contributed by atoms with Gasteiger partial charge in [-0.3, -0.25) is 9.59 Å². The molecule has 2 aliphatic heterocycles. The minimum absolute atomic E-state index is 0.00363. The van der Waals surface area contributed by atoms with Crippen molar-refractivity contribution < 1.29 is 59.9 Å². The van der Waals surface area contributed by atoms with E-state index in [1.54, 1.807) is 0 Å². The van der Waals surface area contributed by atoms with Crippen LogP contribution >= 0.6 is 0 Å². The van der Waals surface area contributed by atoms with E-state index in [-0.39, 0.29) is 72.3 Å². The van der Waals surface area contributed by atoms with Gasteiger partial charge in [0.1, 0.15) is 18.3 Å². The molecule has 18 unspecified atom stereocenters. The molecule has 4 saturated carbocycles. The van der Waals surface area contributed by atoms with Gasteiger partial charge in [-0.25, -0.2) is 0 Å². The standard InChI is InChI=1S/C42H67NO12/c1-37(20-45)11-13-42(36(52)53)14-12-39(3)24(26(42)17-37)6-7-29-40(39,4)10-8-28-38(2,21-46)33(55-35-32(50)31(49)27(47)19-54-35)30(48)25(41(28,29)5)16-22-18-43-34(51)23(22)9-15-44/h6,22-23,25-33,35,44-50H,7-21H2,1-5H3,(H,43,51)(H,52,53). The van der Waals surface area contributed by atoms with E-state index in [1.165, 1.54) is 5.57 Å². The molecule has 55 heavy (non-hydrogen) atoms. The molecule has 5 aliphatic carbocycles. The van der Waals surface area contributed by atoms with Gasteiger partial charge in [-0.2, -0.15) is 0 Å². The van der Waals surface area contributed by atoms with Crippen molar-refractivity contribution >= 4 is 11.9 Å². The summed E-state index contributed by atoms with van der Waals surface area (Å²) < 4.78 is 12.2. The lowest BCUT2D eigenvalue weighted by Gasteiger charge is -2.73. The van der Waals surface area contributed by atoms with Crippen molar-refractivity contribution in [2.45, 2.75) is 136 Å². The molecule has 0 aromatic carbocycles. The zero-order valence-electron chi connectivity index (χ0n) is 33.3. The number of carboxylic acids is 1. The van der Waals surface area contributed by atoms with E-state index in [9.17, 15) is 50.4 Å². The van der Waals surface area contributed by atoms with Crippen LogP contribution in [0, 0.1) is 68.0 Å². The fourth-order valence-electron chi connectivity index (χ4n) is 14.4. The Labute approximate surface area is 324 Å². The topological polar surface area (TPSA) is 226 Å². The average Bonchev–Trinajstić information content (AvgIpc) is 3.49. The molecule has 1 amide bonds. The highest BCUT2D eigenvalue weighted by Gasteiger charge is 2.73. The van der Waals surface area contributed by atoms with Crippen LogP contribution in [0.15, 0.2) is 11.6 Å². The maximum Gasteiger partial charge on any atom is 0.310 e. The molecule has 2 heterocycles. The second-order valence-corrected chi connectivity index (χ2v) is 20.3. The molecule has 0 aromatic heterocycles. The number of fused-ring (bicyclic) bond motifs is 7. The third-order valence-electron chi connectivity index (χ3n) is 18.0. The zero-order chi connectivity index (χ0) is 40.1. The fraction of sp³-hybridized carbons (Fsp3) is 0.905. The summed E-state index contributed by atoms with van der Waals surface area (Å²) in [5.41, 5.74) is -2.43. The van der Waals surface area contributed by atoms with E-state index in [1.807, 2.05) is 6.92 Å². The summed E-state index contributed by atoms with van der Waals surface area (Å²) in [5.74, 6) is -2.40. The minimum atomic E-state index is -1.59. The number of aliphatic hydroxyl groups is 7. The molecule has 13 nitrogen and oxygen atoms in total. The average molecular weight is 778 g/mol. The molecule has 0 aromatic rings. The number of rotatable bonds is 9. The number of allylic oxidation sites excluding steroid dienone is 2. The molecular formula is C42H67NO12. The van der Waals surface area contributed by atoms with Gasteiger partial charge in [-0.05, 0) is 115 Å². The number of amides is 1. The number of carbonyl (C=O) groups excluding carboxylic acids is 1. The van der Waals surface area contributed by atoms with Gasteiger partial charge < -0.3 is 55.6 Å². The van der Waals surface area contributed by atoms with Gasteiger partial charge >= 0.3 is 5.97 Å². The van der Waals surface area contributed by atoms with Crippen molar-refractivity contribution in [3.63, 3.8) is 0 Å². The highest BCUT2D eigenvalue weighted by Crippen LogP contribution is 2.77. The van der Waals surface area contributed by atoms with Crippen LogP contribution in [0.25, 0.3) is 0 Å². The van der Waals surface area contributed by atoms with E-state index < -0.39 is 70.9 Å². The molecule has 9 N–H and O–H groups in total. The summed E-state index contributed by atoms with van der Waals surface area (Å²) in [7, 11) is 0. The molecule has 7 rings (SSSR count). The molecule has 312 valence electrons. The molecular weight excluding hydrogens is 710 g/mol. The minimum Gasteiger partial charge on any atom is -0.481 e. The lowest BCUT2D eigenvalue weighted by atomic mass is 9.31. The van der Waals surface area contributed by atoms with Gasteiger partial charge in [0.05, 0.1) is 30.8 Å². The van der Waals surface area contributed by atoms with Crippen LogP contribution in [-0.2, 0) is 19.1 Å². The number of hydrogen-bond donors (Lipinski definition) is 9. The Bertz CT molecular complexity index is 1530. The summed E-state index contributed by atoms with van der Waals surface area (Å²) in [6.07, 6.45) is 0.156. The van der Waals surface area contributed by atoms with Crippen molar-refractivity contribution in [1.29, 1.82) is 0 Å². The Kier molecular flexibility index (Phi) is 10.8. The molecule has 0 bridgehead atoms. The smallest absolute Gasteiger partial charge is 0.310 e. The van der Waals surface area contributed by atoms with Crippen LogP contribution in [-0.4, -0.2) is 123 Å². The monoisotopic (exact) mass is 777 g/mol. The SMILES string of the molecule is CC1(CO)CCC2(C(=O)O)CCC3(C)C(=CCC4C5(C)C(CC6CNC(=O)C6CCO)C(O)C(OC6OCC(O)C(O)C6O)C(C)(CO)C5CCC43C)C2C1. The fourth-order valence-corrected chi connectivity index (χ4v) is 14.4. The second kappa shape index (κ2) is 14.3. The maximum absolute atomic E-state index is 13.2. The van der Waals surface area contributed by atoms with Gasteiger partial charge in [0, 0.05) is 31.1 Å². The number of carbonyl (C=O) groups is 2. The lowest BCUT2D eigenvalue weighted by molar-refractivity contribution is -0.340. The van der Waals surface area contributed by atoms with Gasteiger partial charge in [0.25, 0.3) is 0 Å². The van der Waals surface area contributed by atoms with Crippen LogP contribution in [0.1, 0.15) is 98.8 Å². The van der Waals surface area contributed by atoms with Gasteiger partial charge in [-0.15, -0.1) is 0 Å². The molecule has 6 fully saturated rings. The first-order valence-corrected chi connectivity index (χ1v) is 20.9. The summed E-state index contributed by atoms with van der Waals surface area (Å²) in [4.78, 5) is 26.3. The van der Waals surface area contributed by atoms with Crippen LogP contribution in [0.5, 0.6) is 0 Å². The number of ether oxygens (including phenoxy) is 2. The summed E-state index contributed by atoms with van der Waals surface area (Å²) in [6.45, 7) is 10.5. The van der Waals surface area contributed by atoms with E-state index in [0.717, 1.165) is 6.42 Å². The predicted molar refractivity (Wildman–Crippen MR) is 199 cm³/mol. The molecule has 0 radical (unpaired) electrons. The highest BCUT2D eigenvalue weighted by atomic mass is 16.7. The number of aliphatic carboxylic acids is 1.